The van der Waals surface area contributed by atoms with E-state index in [1.807, 2.05) is 0 Å². The second kappa shape index (κ2) is 12.7. The number of hydrogen-bond acceptors (Lipinski definition) is 2. The first-order valence-electron chi connectivity index (χ1n) is 14.3. The van der Waals surface area contributed by atoms with E-state index in [4.69, 9.17) is 4.74 Å². The second-order valence-electron chi connectivity index (χ2n) is 12.8. The third kappa shape index (κ3) is 7.93. The molecule has 3 heteroatoms. The van der Waals surface area contributed by atoms with Gasteiger partial charge in [-0.25, -0.2) is 0 Å². The fourth-order valence-electron chi connectivity index (χ4n) is 4.94. The topological polar surface area (TPSA) is 21.3 Å². The summed E-state index contributed by atoms with van der Waals surface area (Å²) in [6, 6.07) is 22.2. The SMILES string of the molecule is Cc1cccc(CNCc2ccccc2)c1Pc1cc(C(C)(C)C)cc(C(C)(C)C)c1OCC1C=CC=CC1. The molecule has 0 saturated heterocycles. The molecule has 206 valence electrons. The lowest BCUT2D eigenvalue weighted by Crippen LogP contribution is -2.25. The van der Waals surface area contributed by atoms with Gasteiger partial charge in [0.1, 0.15) is 5.75 Å². The van der Waals surface area contributed by atoms with Crippen molar-refractivity contribution < 1.29 is 4.74 Å². The van der Waals surface area contributed by atoms with Crippen molar-refractivity contribution >= 4 is 19.2 Å². The molecule has 0 heterocycles. The molecule has 0 saturated carbocycles. The van der Waals surface area contributed by atoms with Crippen LogP contribution in [-0.4, -0.2) is 6.61 Å². The molecule has 1 aliphatic rings. The van der Waals surface area contributed by atoms with Crippen LogP contribution in [-0.2, 0) is 23.9 Å². The van der Waals surface area contributed by atoms with Crippen LogP contribution in [0.1, 0.15) is 75.8 Å². The van der Waals surface area contributed by atoms with E-state index in [1.54, 1.807) is 0 Å². The summed E-state index contributed by atoms with van der Waals surface area (Å²) in [6.45, 7) is 18.5. The predicted octanol–water partition coefficient (Wildman–Crippen LogP) is 8.02. The Kier molecular flexibility index (Phi) is 9.52. The molecule has 1 N–H and O–H groups in total. The molecule has 3 aromatic carbocycles. The molecule has 2 nitrogen and oxygen atoms in total. The van der Waals surface area contributed by atoms with Crippen molar-refractivity contribution in [1.29, 1.82) is 0 Å². The Labute approximate surface area is 238 Å². The lowest BCUT2D eigenvalue weighted by Gasteiger charge is -2.30. The molecule has 0 bridgehead atoms. The summed E-state index contributed by atoms with van der Waals surface area (Å²) in [6.07, 6.45) is 9.84. The summed E-state index contributed by atoms with van der Waals surface area (Å²) >= 11 is 0. The van der Waals surface area contributed by atoms with Gasteiger partial charge in [0.15, 0.2) is 0 Å². The number of nitrogens with one attached hydrogen (secondary N) is 1. The number of hydrogen-bond donors (Lipinski definition) is 1. The number of aryl methyl sites for hydroxylation is 1. The molecule has 3 aromatic rings. The van der Waals surface area contributed by atoms with Crippen LogP contribution in [0.5, 0.6) is 5.75 Å². The van der Waals surface area contributed by atoms with Crippen LogP contribution < -0.4 is 20.7 Å². The fraction of sp³-hybridized carbons (Fsp3) is 0.389. The first-order chi connectivity index (χ1) is 18.5. The van der Waals surface area contributed by atoms with Gasteiger partial charge < -0.3 is 10.1 Å². The van der Waals surface area contributed by atoms with Crippen molar-refractivity contribution in [2.45, 2.75) is 78.8 Å². The highest BCUT2D eigenvalue weighted by Gasteiger charge is 2.27. The average molecular weight is 540 g/mol. The Morgan fingerprint density at radius 1 is 0.872 bits per heavy atom. The van der Waals surface area contributed by atoms with Gasteiger partial charge in [-0.1, -0.05) is 129 Å². The van der Waals surface area contributed by atoms with Crippen LogP contribution >= 0.6 is 8.58 Å². The van der Waals surface area contributed by atoms with Gasteiger partial charge in [-0.3, -0.25) is 0 Å². The van der Waals surface area contributed by atoms with Gasteiger partial charge in [0.05, 0.1) is 6.61 Å². The zero-order chi connectivity index (χ0) is 28.0. The Balaban J connectivity index is 1.70. The molecule has 0 amide bonds. The Hall–Kier alpha value is -2.67. The van der Waals surface area contributed by atoms with Gasteiger partial charge in [0, 0.05) is 29.9 Å². The normalized spacial score (nSPS) is 15.8. The predicted molar refractivity (Wildman–Crippen MR) is 171 cm³/mol. The molecule has 0 aliphatic heterocycles. The van der Waals surface area contributed by atoms with Gasteiger partial charge in [0.2, 0.25) is 0 Å². The zero-order valence-corrected chi connectivity index (χ0v) is 25.9. The molecule has 0 spiro atoms. The van der Waals surface area contributed by atoms with Crippen molar-refractivity contribution in [2.75, 3.05) is 6.61 Å². The van der Waals surface area contributed by atoms with E-state index in [-0.39, 0.29) is 10.8 Å². The molecule has 0 aromatic heterocycles. The molecule has 4 rings (SSSR count). The quantitative estimate of drug-likeness (QED) is 0.278. The van der Waals surface area contributed by atoms with Crippen molar-refractivity contribution in [1.82, 2.24) is 5.32 Å². The Morgan fingerprint density at radius 2 is 1.64 bits per heavy atom. The number of rotatable bonds is 9. The third-order valence-corrected chi connectivity index (χ3v) is 8.99. The van der Waals surface area contributed by atoms with E-state index < -0.39 is 0 Å². The van der Waals surface area contributed by atoms with Gasteiger partial charge in [-0.2, -0.15) is 0 Å². The summed E-state index contributed by atoms with van der Waals surface area (Å²) < 4.78 is 6.80. The van der Waals surface area contributed by atoms with Gasteiger partial charge in [-0.15, -0.1) is 0 Å². The van der Waals surface area contributed by atoms with E-state index in [2.05, 4.69) is 139 Å². The maximum Gasteiger partial charge on any atom is 0.130 e. The monoisotopic (exact) mass is 539 g/mol. The van der Waals surface area contributed by atoms with Crippen LogP contribution in [0.25, 0.3) is 0 Å². The lowest BCUT2D eigenvalue weighted by molar-refractivity contribution is 0.271. The molecule has 39 heavy (non-hydrogen) atoms. The van der Waals surface area contributed by atoms with Crippen molar-refractivity contribution in [3.8, 4) is 5.75 Å². The van der Waals surface area contributed by atoms with Crippen LogP contribution in [0.2, 0.25) is 0 Å². The van der Waals surface area contributed by atoms with Gasteiger partial charge >= 0.3 is 0 Å². The highest BCUT2D eigenvalue weighted by atomic mass is 31.1. The third-order valence-electron chi connectivity index (χ3n) is 7.38. The largest absolute Gasteiger partial charge is 0.492 e. The van der Waals surface area contributed by atoms with E-state index >= 15 is 0 Å². The summed E-state index contributed by atoms with van der Waals surface area (Å²) in [7, 11) is 0.524. The van der Waals surface area contributed by atoms with E-state index in [1.165, 1.54) is 38.4 Å². The smallest absolute Gasteiger partial charge is 0.130 e. The minimum Gasteiger partial charge on any atom is -0.492 e. The molecule has 1 aliphatic carbocycles. The minimum absolute atomic E-state index is 0.0239. The van der Waals surface area contributed by atoms with Crippen molar-refractivity contribution in [2.24, 2.45) is 5.92 Å². The van der Waals surface area contributed by atoms with Crippen LogP contribution in [0.3, 0.4) is 0 Å². The van der Waals surface area contributed by atoms with Crippen molar-refractivity contribution in [3.05, 3.63) is 113 Å². The molecular formula is C36H46NOP. The van der Waals surface area contributed by atoms with Gasteiger partial charge in [0.25, 0.3) is 0 Å². The Morgan fingerprint density at radius 3 is 2.31 bits per heavy atom. The molecule has 0 radical (unpaired) electrons. The molecular weight excluding hydrogens is 493 g/mol. The molecule has 2 unspecified atom stereocenters. The van der Waals surface area contributed by atoms with Crippen LogP contribution in [0.15, 0.2) is 85.0 Å². The van der Waals surface area contributed by atoms with E-state index in [0.717, 1.165) is 25.3 Å². The van der Waals surface area contributed by atoms with Crippen LogP contribution in [0.4, 0.5) is 0 Å². The maximum absolute atomic E-state index is 6.80. The fourth-order valence-corrected chi connectivity index (χ4v) is 6.37. The Bertz CT molecular complexity index is 1310. The lowest BCUT2D eigenvalue weighted by atomic mass is 9.80. The average Bonchev–Trinajstić information content (AvgIpc) is 2.89. The highest BCUT2D eigenvalue weighted by Crippen LogP contribution is 2.38. The van der Waals surface area contributed by atoms with Crippen LogP contribution in [0, 0.1) is 12.8 Å². The summed E-state index contributed by atoms with van der Waals surface area (Å²) in [4.78, 5) is 0. The van der Waals surface area contributed by atoms with Crippen molar-refractivity contribution in [3.63, 3.8) is 0 Å². The number of ether oxygens (including phenoxy) is 1. The maximum atomic E-state index is 6.80. The summed E-state index contributed by atoms with van der Waals surface area (Å²) in [5.74, 6) is 1.50. The first kappa shape index (κ1) is 29.3. The van der Waals surface area contributed by atoms with E-state index in [9.17, 15) is 0 Å². The minimum atomic E-state index is -0.0239. The summed E-state index contributed by atoms with van der Waals surface area (Å²) in [5, 5.41) is 6.43. The van der Waals surface area contributed by atoms with Gasteiger partial charge in [-0.05, 0) is 57.8 Å². The highest BCUT2D eigenvalue weighted by molar-refractivity contribution is 7.56. The molecule has 0 fully saturated rings. The number of benzene rings is 3. The second-order valence-corrected chi connectivity index (χ2v) is 14.1. The summed E-state index contributed by atoms with van der Waals surface area (Å²) in [5.41, 5.74) is 6.74. The molecule has 2 atom stereocenters. The standard InChI is InChI=1S/C36H46NOP/c1-26-15-14-20-29(24-37-23-27-16-10-8-11-17-27)34(26)39-32-22-30(35(2,3)4)21-31(36(5,6)7)33(32)38-25-28-18-12-9-13-19-28/h8-18,20-22,28,37,39H,19,23-25H2,1-7H3. The zero-order valence-electron chi connectivity index (χ0n) is 24.9. The first-order valence-corrected chi connectivity index (χ1v) is 15.3. The van der Waals surface area contributed by atoms with E-state index in [0.29, 0.717) is 21.1 Å². The number of allylic oxidation sites excluding steroid dienone is 3.